The number of carbonyl (C=O) groups excluding carboxylic acids is 2. The molecule has 0 aliphatic carbocycles. The monoisotopic (exact) mass is 449 g/mol. The Hall–Kier alpha value is -3.32. The molecule has 1 N–H and O–H groups in total. The van der Waals surface area contributed by atoms with Gasteiger partial charge in [0.2, 0.25) is 5.95 Å². The maximum absolute atomic E-state index is 13.0. The summed E-state index contributed by atoms with van der Waals surface area (Å²) in [4.78, 5) is 35.4. The molecule has 1 amide bonds. The lowest BCUT2D eigenvalue weighted by atomic mass is 9.95. The van der Waals surface area contributed by atoms with Crippen LogP contribution in [-0.2, 0) is 9.59 Å². The number of ketones is 1. The van der Waals surface area contributed by atoms with E-state index in [0.717, 1.165) is 10.0 Å². The number of amides is 1. The summed E-state index contributed by atoms with van der Waals surface area (Å²) in [6, 6.07) is 15.1. The Morgan fingerprint density at radius 3 is 2.38 bits per heavy atom. The van der Waals surface area contributed by atoms with E-state index in [0.29, 0.717) is 11.1 Å². The van der Waals surface area contributed by atoms with Crippen LogP contribution >= 0.6 is 15.9 Å². The zero-order valence-corrected chi connectivity index (χ0v) is 17.0. The fourth-order valence-electron chi connectivity index (χ4n) is 3.31. The first-order valence-corrected chi connectivity index (χ1v) is 9.67. The van der Waals surface area contributed by atoms with Crippen LogP contribution in [0.3, 0.4) is 0 Å². The predicted molar refractivity (Wildman–Crippen MR) is 112 cm³/mol. The van der Waals surface area contributed by atoms with E-state index in [2.05, 4.69) is 25.9 Å². The molecule has 1 unspecified atom stereocenters. The molecule has 1 aliphatic rings. The Morgan fingerprint density at radius 1 is 1.03 bits per heavy atom. The molecule has 0 spiro atoms. The molecule has 4 rings (SSSR count). The molecule has 1 saturated heterocycles. The molecule has 2 aromatic carbocycles. The Balaban J connectivity index is 1.95. The SMILES string of the molecule is Cc1ccc(/C(O)=C2/C(=O)C(=O)N(c3ncccn3)C2c2cccc(Br)c2)cc1. The van der Waals surface area contributed by atoms with Gasteiger partial charge < -0.3 is 5.11 Å². The van der Waals surface area contributed by atoms with Crippen LogP contribution in [0, 0.1) is 6.92 Å². The average molecular weight is 450 g/mol. The highest BCUT2D eigenvalue weighted by Gasteiger charge is 2.48. The molecule has 2 heterocycles. The molecule has 0 bridgehead atoms. The van der Waals surface area contributed by atoms with Crippen molar-refractivity contribution in [2.75, 3.05) is 4.90 Å². The van der Waals surface area contributed by atoms with Crippen molar-refractivity contribution in [3.8, 4) is 0 Å². The van der Waals surface area contributed by atoms with Crippen LogP contribution in [0.5, 0.6) is 0 Å². The molecule has 29 heavy (non-hydrogen) atoms. The van der Waals surface area contributed by atoms with E-state index in [1.54, 1.807) is 36.4 Å². The fraction of sp³-hybridized carbons (Fsp3) is 0.0909. The lowest BCUT2D eigenvalue weighted by Crippen LogP contribution is -2.31. The van der Waals surface area contributed by atoms with Gasteiger partial charge in [-0.3, -0.25) is 14.5 Å². The van der Waals surface area contributed by atoms with Gasteiger partial charge in [-0.25, -0.2) is 9.97 Å². The van der Waals surface area contributed by atoms with Gasteiger partial charge >= 0.3 is 5.91 Å². The molecule has 1 atom stereocenters. The van der Waals surface area contributed by atoms with Crippen molar-refractivity contribution in [3.63, 3.8) is 0 Å². The highest BCUT2D eigenvalue weighted by Crippen LogP contribution is 2.41. The summed E-state index contributed by atoms with van der Waals surface area (Å²) in [5, 5.41) is 11.0. The molecule has 3 aromatic rings. The Morgan fingerprint density at radius 2 is 1.72 bits per heavy atom. The second-order valence-electron chi connectivity index (χ2n) is 6.64. The van der Waals surface area contributed by atoms with Gasteiger partial charge in [-0.05, 0) is 30.7 Å². The predicted octanol–water partition coefficient (Wildman–Crippen LogP) is 4.17. The lowest BCUT2D eigenvalue weighted by molar-refractivity contribution is -0.132. The van der Waals surface area contributed by atoms with Crippen LogP contribution in [0.15, 0.2) is 77.0 Å². The number of Topliss-reactive ketones (excluding diaryl/α,β-unsaturated/α-hetero) is 1. The third-order valence-corrected chi connectivity index (χ3v) is 5.19. The molecule has 6 nitrogen and oxygen atoms in total. The van der Waals surface area contributed by atoms with E-state index < -0.39 is 17.7 Å². The second-order valence-corrected chi connectivity index (χ2v) is 7.55. The normalized spacial score (nSPS) is 18.3. The van der Waals surface area contributed by atoms with E-state index in [-0.39, 0.29) is 17.3 Å². The molecule has 1 aliphatic heterocycles. The molecule has 7 heteroatoms. The van der Waals surface area contributed by atoms with E-state index in [1.165, 1.54) is 17.3 Å². The van der Waals surface area contributed by atoms with Gasteiger partial charge in [-0.15, -0.1) is 0 Å². The Bertz CT molecular complexity index is 1130. The van der Waals surface area contributed by atoms with Gasteiger partial charge in [0.15, 0.2) is 0 Å². The van der Waals surface area contributed by atoms with Crippen molar-refractivity contribution < 1.29 is 14.7 Å². The highest BCUT2D eigenvalue weighted by atomic mass is 79.9. The Labute approximate surface area is 175 Å². The molecule has 0 radical (unpaired) electrons. The molecular formula is C22H16BrN3O3. The van der Waals surface area contributed by atoms with Crippen LogP contribution < -0.4 is 4.90 Å². The van der Waals surface area contributed by atoms with E-state index in [1.807, 2.05) is 25.1 Å². The summed E-state index contributed by atoms with van der Waals surface area (Å²) in [6.45, 7) is 1.93. The number of aromatic nitrogens is 2. The van der Waals surface area contributed by atoms with Crippen molar-refractivity contribution in [2.24, 2.45) is 0 Å². The summed E-state index contributed by atoms with van der Waals surface area (Å²) < 4.78 is 0.782. The van der Waals surface area contributed by atoms with E-state index in [4.69, 9.17) is 0 Å². The number of hydrogen-bond donors (Lipinski definition) is 1. The van der Waals surface area contributed by atoms with Gasteiger partial charge in [-0.1, -0.05) is 57.9 Å². The maximum atomic E-state index is 13.0. The number of rotatable bonds is 3. The molecule has 1 aromatic heterocycles. The van der Waals surface area contributed by atoms with Crippen molar-refractivity contribution in [1.29, 1.82) is 0 Å². The Kier molecular flexibility index (Phi) is 4.98. The third kappa shape index (κ3) is 3.45. The smallest absolute Gasteiger partial charge is 0.302 e. The minimum Gasteiger partial charge on any atom is -0.507 e. The lowest BCUT2D eigenvalue weighted by Gasteiger charge is -2.23. The maximum Gasteiger partial charge on any atom is 0.302 e. The minimum absolute atomic E-state index is 0.00408. The van der Waals surface area contributed by atoms with Gasteiger partial charge in [-0.2, -0.15) is 0 Å². The minimum atomic E-state index is -0.851. The first-order chi connectivity index (χ1) is 14.0. The van der Waals surface area contributed by atoms with Gasteiger partial charge in [0, 0.05) is 22.4 Å². The molecular weight excluding hydrogens is 434 g/mol. The zero-order chi connectivity index (χ0) is 20.5. The second kappa shape index (κ2) is 7.60. The van der Waals surface area contributed by atoms with Crippen LogP contribution in [-0.4, -0.2) is 26.8 Å². The fourth-order valence-corrected chi connectivity index (χ4v) is 3.73. The van der Waals surface area contributed by atoms with Gasteiger partial charge in [0.1, 0.15) is 5.76 Å². The standard InChI is InChI=1S/C22H16BrN3O3/c1-13-6-8-14(9-7-13)19(27)17-18(15-4-2-5-16(23)12-15)26(21(29)20(17)28)22-24-10-3-11-25-22/h2-12,18,27H,1H3/b19-17-. The number of benzene rings is 2. The number of aliphatic hydroxyl groups is 1. The van der Waals surface area contributed by atoms with Crippen molar-refractivity contribution in [2.45, 2.75) is 13.0 Å². The first kappa shape index (κ1) is 19.0. The highest BCUT2D eigenvalue weighted by molar-refractivity contribution is 9.10. The average Bonchev–Trinajstić information content (AvgIpc) is 2.99. The van der Waals surface area contributed by atoms with Crippen LogP contribution in [0.4, 0.5) is 5.95 Å². The summed E-state index contributed by atoms with van der Waals surface area (Å²) in [5.74, 6) is -1.69. The van der Waals surface area contributed by atoms with Crippen molar-refractivity contribution in [3.05, 3.63) is 93.7 Å². The van der Waals surface area contributed by atoms with Crippen molar-refractivity contribution >= 4 is 39.3 Å². The van der Waals surface area contributed by atoms with Gasteiger partial charge in [0.25, 0.3) is 5.78 Å². The summed E-state index contributed by atoms with van der Waals surface area (Å²) >= 11 is 3.43. The third-order valence-electron chi connectivity index (χ3n) is 4.70. The number of hydrogen-bond acceptors (Lipinski definition) is 5. The van der Waals surface area contributed by atoms with Crippen LogP contribution in [0.25, 0.3) is 5.76 Å². The largest absolute Gasteiger partial charge is 0.507 e. The summed E-state index contributed by atoms with van der Waals surface area (Å²) in [6.07, 6.45) is 3.00. The van der Waals surface area contributed by atoms with Crippen molar-refractivity contribution in [1.82, 2.24) is 9.97 Å². The number of aryl methyl sites for hydroxylation is 1. The molecule has 144 valence electrons. The van der Waals surface area contributed by atoms with E-state index in [9.17, 15) is 14.7 Å². The first-order valence-electron chi connectivity index (χ1n) is 8.88. The van der Waals surface area contributed by atoms with Gasteiger partial charge in [0.05, 0.1) is 11.6 Å². The van der Waals surface area contributed by atoms with Crippen LogP contribution in [0.2, 0.25) is 0 Å². The zero-order valence-electron chi connectivity index (χ0n) is 15.4. The summed E-state index contributed by atoms with van der Waals surface area (Å²) in [7, 11) is 0. The quantitative estimate of drug-likeness (QED) is 0.368. The number of anilines is 1. The molecule has 0 saturated carbocycles. The number of aliphatic hydroxyl groups excluding tert-OH is 1. The molecule has 1 fully saturated rings. The summed E-state index contributed by atoms with van der Waals surface area (Å²) in [5.41, 5.74) is 2.13. The van der Waals surface area contributed by atoms with Crippen LogP contribution in [0.1, 0.15) is 22.7 Å². The number of nitrogens with zero attached hydrogens (tertiary/aromatic N) is 3. The van der Waals surface area contributed by atoms with E-state index >= 15 is 0 Å². The number of halogens is 1. The topological polar surface area (TPSA) is 83.4 Å². The number of carbonyl (C=O) groups is 2.